The van der Waals surface area contributed by atoms with Gasteiger partial charge >= 0.3 is 0 Å². The number of nitrogens with zero attached hydrogens (tertiary/aromatic N) is 1. The second kappa shape index (κ2) is 6.20. The predicted octanol–water partition coefficient (Wildman–Crippen LogP) is 4.26. The van der Waals surface area contributed by atoms with Gasteiger partial charge in [-0.2, -0.15) is 11.8 Å². The molecule has 0 radical (unpaired) electrons. The molecule has 1 aromatic heterocycles. The van der Waals surface area contributed by atoms with Gasteiger partial charge in [0.1, 0.15) is 0 Å². The average Bonchev–Trinajstić information content (AvgIpc) is 2.43. The molecule has 0 saturated heterocycles. The Bertz CT molecular complexity index is 594. The van der Waals surface area contributed by atoms with E-state index >= 15 is 0 Å². The number of carbonyl (C=O) groups is 1. The zero-order valence-electron chi connectivity index (χ0n) is 11.6. The number of pyridine rings is 1. The number of ketones is 1. The van der Waals surface area contributed by atoms with E-state index in [4.69, 9.17) is 0 Å². The molecule has 19 heavy (non-hydrogen) atoms. The molecular formula is C16H19NOS. The summed E-state index contributed by atoms with van der Waals surface area (Å²) in [6.45, 7) is 6.28. The summed E-state index contributed by atoms with van der Waals surface area (Å²) in [6, 6.07) is 9.76. The number of fused-ring (bicyclic) bond motifs is 1. The standard InChI is InChI=1S/C16H19NOS/c1-4-12(3)19-10-16(18)14-7-8-15-13(9-14)6-5-11(2)17-15/h5-9,12H,4,10H2,1-3H3. The summed E-state index contributed by atoms with van der Waals surface area (Å²) in [4.78, 5) is 16.6. The number of rotatable bonds is 5. The Hall–Kier alpha value is -1.35. The Morgan fingerprint density at radius 2 is 2.11 bits per heavy atom. The molecule has 0 aliphatic heterocycles. The lowest BCUT2D eigenvalue weighted by Gasteiger charge is -2.07. The van der Waals surface area contributed by atoms with E-state index < -0.39 is 0 Å². The van der Waals surface area contributed by atoms with Gasteiger partial charge in [-0.05, 0) is 37.6 Å². The van der Waals surface area contributed by atoms with E-state index in [0.29, 0.717) is 11.0 Å². The lowest BCUT2D eigenvalue weighted by molar-refractivity contribution is 0.102. The minimum atomic E-state index is 0.202. The maximum absolute atomic E-state index is 12.1. The van der Waals surface area contributed by atoms with Crippen molar-refractivity contribution in [1.29, 1.82) is 0 Å². The van der Waals surface area contributed by atoms with E-state index in [-0.39, 0.29) is 5.78 Å². The van der Waals surface area contributed by atoms with Gasteiger partial charge in [0.2, 0.25) is 0 Å². The van der Waals surface area contributed by atoms with Crippen LogP contribution in [0, 0.1) is 6.92 Å². The maximum Gasteiger partial charge on any atom is 0.172 e. The van der Waals surface area contributed by atoms with Crippen molar-refractivity contribution < 1.29 is 4.79 Å². The van der Waals surface area contributed by atoms with Crippen LogP contribution in [0.1, 0.15) is 36.3 Å². The number of carbonyl (C=O) groups excluding carboxylic acids is 1. The van der Waals surface area contributed by atoms with Crippen LogP contribution < -0.4 is 0 Å². The topological polar surface area (TPSA) is 30.0 Å². The largest absolute Gasteiger partial charge is 0.293 e. The first kappa shape index (κ1) is 14.1. The molecule has 0 aliphatic carbocycles. The van der Waals surface area contributed by atoms with Gasteiger partial charge in [-0.3, -0.25) is 9.78 Å². The quantitative estimate of drug-likeness (QED) is 0.762. The first-order valence-electron chi connectivity index (χ1n) is 6.62. The first-order valence-corrected chi connectivity index (χ1v) is 7.67. The molecule has 100 valence electrons. The Kier molecular flexibility index (Phi) is 4.59. The molecule has 1 unspecified atom stereocenters. The summed E-state index contributed by atoms with van der Waals surface area (Å²) in [6.07, 6.45) is 1.10. The molecule has 0 spiro atoms. The fourth-order valence-electron chi connectivity index (χ4n) is 1.82. The molecule has 0 bridgehead atoms. The van der Waals surface area contributed by atoms with Crippen molar-refractivity contribution in [2.75, 3.05) is 5.75 Å². The van der Waals surface area contributed by atoms with E-state index in [1.54, 1.807) is 11.8 Å². The summed E-state index contributed by atoms with van der Waals surface area (Å²) in [7, 11) is 0. The summed E-state index contributed by atoms with van der Waals surface area (Å²) < 4.78 is 0. The van der Waals surface area contributed by atoms with E-state index in [2.05, 4.69) is 18.8 Å². The SMILES string of the molecule is CCC(C)SCC(=O)c1ccc2nc(C)ccc2c1. The van der Waals surface area contributed by atoms with Gasteiger partial charge in [-0.1, -0.05) is 19.9 Å². The van der Waals surface area contributed by atoms with Gasteiger partial charge in [0.05, 0.1) is 11.3 Å². The molecule has 2 nitrogen and oxygen atoms in total. The minimum Gasteiger partial charge on any atom is -0.293 e. The summed E-state index contributed by atoms with van der Waals surface area (Å²) in [5.41, 5.74) is 2.74. The smallest absolute Gasteiger partial charge is 0.172 e. The Labute approximate surface area is 118 Å². The number of aromatic nitrogens is 1. The van der Waals surface area contributed by atoms with Crippen LogP contribution in [0.15, 0.2) is 30.3 Å². The van der Waals surface area contributed by atoms with Crippen LogP contribution in [0.3, 0.4) is 0 Å². The van der Waals surface area contributed by atoms with Crippen molar-refractivity contribution in [3.63, 3.8) is 0 Å². The molecule has 0 aliphatic rings. The number of hydrogen-bond donors (Lipinski definition) is 0. The van der Waals surface area contributed by atoms with Crippen LogP contribution in [0.25, 0.3) is 10.9 Å². The van der Waals surface area contributed by atoms with Crippen LogP contribution in [0.4, 0.5) is 0 Å². The molecule has 0 N–H and O–H groups in total. The number of hydrogen-bond acceptors (Lipinski definition) is 3. The Morgan fingerprint density at radius 1 is 1.32 bits per heavy atom. The van der Waals surface area contributed by atoms with Crippen molar-refractivity contribution in [2.45, 2.75) is 32.4 Å². The number of aryl methyl sites for hydroxylation is 1. The van der Waals surface area contributed by atoms with Crippen molar-refractivity contribution in [3.8, 4) is 0 Å². The zero-order chi connectivity index (χ0) is 13.8. The van der Waals surface area contributed by atoms with Gasteiger partial charge in [0.25, 0.3) is 0 Å². The van der Waals surface area contributed by atoms with Crippen molar-refractivity contribution in [3.05, 3.63) is 41.6 Å². The van der Waals surface area contributed by atoms with Crippen LogP contribution in [-0.2, 0) is 0 Å². The second-order valence-electron chi connectivity index (χ2n) is 4.81. The first-order chi connectivity index (χ1) is 9.10. The van der Waals surface area contributed by atoms with Crippen molar-refractivity contribution in [1.82, 2.24) is 4.98 Å². The van der Waals surface area contributed by atoms with Crippen molar-refractivity contribution in [2.24, 2.45) is 0 Å². The highest BCUT2D eigenvalue weighted by Gasteiger charge is 2.09. The Balaban J connectivity index is 2.16. The summed E-state index contributed by atoms with van der Waals surface area (Å²) >= 11 is 1.72. The highest BCUT2D eigenvalue weighted by atomic mass is 32.2. The van der Waals surface area contributed by atoms with E-state index in [1.165, 1.54) is 0 Å². The predicted molar refractivity (Wildman–Crippen MR) is 83.0 cm³/mol. The molecule has 1 heterocycles. The fraction of sp³-hybridized carbons (Fsp3) is 0.375. The van der Waals surface area contributed by atoms with Gasteiger partial charge in [0, 0.05) is 21.9 Å². The molecule has 0 fully saturated rings. The molecule has 0 amide bonds. The number of thioether (sulfide) groups is 1. The van der Waals surface area contributed by atoms with Crippen LogP contribution in [-0.4, -0.2) is 21.8 Å². The van der Waals surface area contributed by atoms with Gasteiger partial charge in [-0.25, -0.2) is 0 Å². The lowest BCUT2D eigenvalue weighted by atomic mass is 10.1. The highest BCUT2D eigenvalue weighted by Crippen LogP contribution is 2.19. The molecule has 0 saturated carbocycles. The normalized spacial score (nSPS) is 12.6. The molecule has 2 aromatic rings. The summed E-state index contributed by atoms with van der Waals surface area (Å²) in [5, 5.41) is 1.57. The molecule has 1 aromatic carbocycles. The maximum atomic E-state index is 12.1. The minimum absolute atomic E-state index is 0.202. The number of benzene rings is 1. The third kappa shape index (κ3) is 3.57. The third-order valence-corrected chi connectivity index (χ3v) is 4.56. The zero-order valence-corrected chi connectivity index (χ0v) is 12.5. The molecular weight excluding hydrogens is 254 g/mol. The van der Waals surface area contributed by atoms with E-state index in [9.17, 15) is 4.79 Å². The molecule has 2 rings (SSSR count). The van der Waals surface area contributed by atoms with Crippen molar-refractivity contribution >= 4 is 28.4 Å². The van der Waals surface area contributed by atoms with E-state index in [1.807, 2.05) is 37.3 Å². The average molecular weight is 273 g/mol. The highest BCUT2D eigenvalue weighted by molar-refractivity contribution is 8.00. The van der Waals surface area contributed by atoms with Gasteiger partial charge in [0.15, 0.2) is 5.78 Å². The van der Waals surface area contributed by atoms with Gasteiger partial charge < -0.3 is 0 Å². The fourth-order valence-corrected chi connectivity index (χ4v) is 2.66. The Morgan fingerprint density at radius 3 is 2.84 bits per heavy atom. The summed E-state index contributed by atoms with van der Waals surface area (Å²) in [5.74, 6) is 0.757. The third-order valence-electron chi connectivity index (χ3n) is 3.22. The molecule has 1 atom stereocenters. The number of Topliss-reactive ketones (excluding diaryl/α,β-unsaturated/α-hetero) is 1. The van der Waals surface area contributed by atoms with Crippen LogP contribution in [0.2, 0.25) is 0 Å². The second-order valence-corrected chi connectivity index (χ2v) is 6.24. The van der Waals surface area contributed by atoms with Crippen LogP contribution in [0.5, 0.6) is 0 Å². The monoisotopic (exact) mass is 273 g/mol. The molecule has 3 heteroatoms. The van der Waals surface area contributed by atoms with E-state index in [0.717, 1.165) is 28.6 Å². The van der Waals surface area contributed by atoms with Crippen LogP contribution >= 0.6 is 11.8 Å². The van der Waals surface area contributed by atoms with Gasteiger partial charge in [-0.15, -0.1) is 0 Å². The lowest BCUT2D eigenvalue weighted by Crippen LogP contribution is -2.06.